The number of hydrogen-bond acceptors (Lipinski definition) is 3. The molecule has 0 aliphatic carbocycles. The maximum absolute atomic E-state index is 4.47. The first-order valence-electron chi connectivity index (χ1n) is 8.41. The van der Waals surface area contributed by atoms with Gasteiger partial charge in [-0.25, -0.2) is 0 Å². The molecule has 0 aromatic rings. The average molecular weight is 442 g/mol. The van der Waals surface area contributed by atoms with Gasteiger partial charge in [-0.2, -0.15) is 11.8 Å². The highest BCUT2D eigenvalue weighted by molar-refractivity contribution is 14.0. The van der Waals surface area contributed by atoms with Crippen LogP contribution >= 0.6 is 35.7 Å². The molecular formula is C16H35IN4S. The van der Waals surface area contributed by atoms with E-state index >= 15 is 0 Å². The zero-order valence-electron chi connectivity index (χ0n) is 15.0. The Balaban J connectivity index is 0.00000441. The third kappa shape index (κ3) is 7.73. The Hall–Kier alpha value is 0.310. The van der Waals surface area contributed by atoms with E-state index in [-0.39, 0.29) is 24.0 Å². The van der Waals surface area contributed by atoms with Gasteiger partial charge in [0.1, 0.15) is 0 Å². The topological polar surface area (TPSA) is 30.9 Å². The predicted octanol–water partition coefficient (Wildman–Crippen LogP) is 2.99. The molecule has 1 saturated heterocycles. The van der Waals surface area contributed by atoms with E-state index < -0.39 is 0 Å². The molecule has 1 aliphatic rings. The van der Waals surface area contributed by atoms with Crippen molar-refractivity contribution >= 4 is 41.7 Å². The molecule has 22 heavy (non-hydrogen) atoms. The summed E-state index contributed by atoms with van der Waals surface area (Å²) in [5.74, 6) is 3.03. The fourth-order valence-electron chi connectivity index (χ4n) is 2.65. The predicted molar refractivity (Wildman–Crippen MR) is 112 cm³/mol. The Kier molecular flexibility index (Phi) is 12.9. The van der Waals surface area contributed by atoms with Gasteiger partial charge in [-0.05, 0) is 32.0 Å². The third-order valence-corrected chi connectivity index (χ3v) is 5.72. The van der Waals surface area contributed by atoms with Crippen LogP contribution in [0.4, 0.5) is 0 Å². The molecule has 0 aromatic carbocycles. The van der Waals surface area contributed by atoms with Crippen molar-refractivity contribution in [1.29, 1.82) is 0 Å². The second-order valence-corrected chi connectivity index (χ2v) is 7.30. The van der Waals surface area contributed by atoms with Crippen LogP contribution in [-0.2, 0) is 0 Å². The molecule has 1 rings (SSSR count). The standard InChI is InChI=1S/C16H34N4S.HI/c1-6-19(7-2)10-8-9-18-16(17-5)20-11-12-21-15(13-20)14(3)4;/h14-15H,6-13H2,1-5H3,(H,17,18);1H. The van der Waals surface area contributed by atoms with Gasteiger partial charge in [0.25, 0.3) is 0 Å². The number of guanidine groups is 1. The third-order valence-electron chi connectivity index (χ3n) is 4.18. The van der Waals surface area contributed by atoms with Crippen LogP contribution in [0.1, 0.15) is 34.1 Å². The number of hydrogen-bond donors (Lipinski definition) is 1. The quantitative estimate of drug-likeness (QED) is 0.284. The molecule has 4 nitrogen and oxygen atoms in total. The largest absolute Gasteiger partial charge is 0.356 e. The lowest BCUT2D eigenvalue weighted by Gasteiger charge is -2.36. The average Bonchev–Trinajstić information content (AvgIpc) is 2.51. The molecule has 1 unspecified atom stereocenters. The summed E-state index contributed by atoms with van der Waals surface area (Å²) in [7, 11) is 1.90. The number of thioether (sulfide) groups is 1. The van der Waals surface area contributed by atoms with Crippen molar-refractivity contribution in [2.24, 2.45) is 10.9 Å². The number of nitrogens with zero attached hydrogens (tertiary/aromatic N) is 3. The second-order valence-electron chi connectivity index (χ2n) is 5.95. The molecule has 1 fully saturated rings. The molecule has 1 aliphatic heterocycles. The molecule has 1 N–H and O–H groups in total. The van der Waals surface area contributed by atoms with Crippen LogP contribution in [0.3, 0.4) is 0 Å². The highest BCUT2D eigenvalue weighted by atomic mass is 127. The minimum absolute atomic E-state index is 0. The Morgan fingerprint density at radius 2 is 2.05 bits per heavy atom. The van der Waals surface area contributed by atoms with E-state index in [0.29, 0.717) is 0 Å². The van der Waals surface area contributed by atoms with Crippen molar-refractivity contribution in [3.63, 3.8) is 0 Å². The van der Waals surface area contributed by atoms with Crippen LogP contribution < -0.4 is 5.32 Å². The number of rotatable bonds is 7. The van der Waals surface area contributed by atoms with E-state index in [9.17, 15) is 0 Å². The number of halogens is 1. The minimum Gasteiger partial charge on any atom is -0.356 e. The first-order chi connectivity index (χ1) is 10.1. The maximum atomic E-state index is 4.47. The van der Waals surface area contributed by atoms with Gasteiger partial charge >= 0.3 is 0 Å². The summed E-state index contributed by atoms with van der Waals surface area (Å²) >= 11 is 2.11. The maximum Gasteiger partial charge on any atom is 0.193 e. The zero-order valence-corrected chi connectivity index (χ0v) is 18.1. The van der Waals surface area contributed by atoms with Crippen molar-refractivity contribution in [2.45, 2.75) is 39.4 Å². The monoisotopic (exact) mass is 442 g/mol. The second kappa shape index (κ2) is 12.7. The SMILES string of the molecule is CCN(CC)CCCNC(=NC)N1CCSC(C(C)C)C1.I. The molecule has 132 valence electrons. The highest BCUT2D eigenvalue weighted by Gasteiger charge is 2.24. The Morgan fingerprint density at radius 1 is 1.36 bits per heavy atom. The molecular weight excluding hydrogens is 407 g/mol. The van der Waals surface area contributed by atoms with Gasteiger partial charge < -0.3 is 15.1 Å². The van der Waals surface area contributed by atoms with E-state index in [1.165, 1.54) is 18.7 Å². The molecule has 0 saturated carbocycles. The first-order valence-corrected chi connectivity index (χ1v) is 9.46. The van der Waals surface area contributed by atoms with E-state index in [2.05, 4.69) is 59.6 Å². The Morgan fingerprint density at radius 3 is 2.59 bits per heavy atom. The van der Waals surface area contributed by atoms with Crippen molar-refractivity contribution < 1.29 is 0 Å². The summed E-state index contributed by atoms with van der Waals surface area (Å²) in [5, 5.41) is 4.27. The van der Waals surface area contributed by atoms with Gasteiger partial charge in [-0.3, -0.25) is 4.99 Å². The summed E-state index contributed by atoms with van der Waals surface area (Å²) in [5.41, 5.74) is 0. The van der Waals surface area contributed by atoms with Crippen LogP contribution in [0.2, 0.25) is 0 Å². The lowest BCUT2D eigenvalue weighted by molar-refractivity contribution is 0.299. The smallest absolute Gasteiger partial charge is 0.193 e. The van der Waals surface area contributed by atoms with Crippen LogP contribution in [-0.4, -0.2) is 73.1 Å². The summed E-state index contributed by atoms with van der Waals surface area (Å²) < 4.78 is 0. The molecule has 6 heteroatoms. The Bertz CT molecular complexity index is 309. The van der Waals surface area contributed by atoms with Crippen LogP contribution in [0.5, 0.6) is 0 Å². The molecule has 0 bridgehead atoms. The summed E-state index contributed by atoms with van der Waals surface area (Å²) in [6, 6.07) is 0. The van der Waals surface area contributed by atoms with E-state index in [1.54, 1.807) is 0 Å². The van der Waals surface area contributed by atoms with E-state index in [1.807, 2.05) is 7.05 Å². The molecule has 0 spiro atoms. The Labute approximate surface area is 158 Å². The highest BCUT2D eigenvalue weighted by Crippen LogP contribution is 2.24. The van der Waals surface area contributed by atoms with E-state index in [4.69, 9.17) is 0 Å². The molecule has 1 atom stereocenters. The zero-order chi connectivity index (χ0) is 15.7. The first kappa shape index (κ1) is 22.3. The van der Waals surface area contributed by atoms with Gasteiger partial charge in [0.15, 0.2) is 5.96 Å². The van der Waals surface area contributed by atoms with Crippen LogP contribution in [0.15, 0.2) is 4.99 Å². The van der Waals surface area contributed by atoms with Gasteiger partial charge in [-0.15, -0.1) is 24.0 Å². The molecule has 0 radical (unpaired) electrons. The van der Waals surface area contributed by atoms with Crippen LogP contribution in [0, 0.1) is 5.92 Å². The number of aliphatic imine (C=N–C) groups is 1. The van der Waals surface area contributed by atoms with Crippen molar-refractivity contribution in [2.75, 3.05) is 52.1 Å². The molecule has 0 aromatic heterocycles. The van der Waals surface area contributed by atoms with Crippen molar-refractivity contribution in [1.82, 2.24) is 15.1 Å². The minimum atomic E-state index is 0. The van der Waals surface area contributed by atoms with Crippen LogP contribution in [0.25, 0.3) is 0 Å². The van der Waals surface area contributed by atoms with Crippen molar-refractivity contribution in [3.8, 4) is 0 Å². The lowest BCUT2D eigenvalue weighted by Crippen LogP contribution is -2.49. The summed E-state index contributed by atoms with van der Waals surface area (Å²) in [6.45, 7) is 15.8. The summed E-state index contributed by atoms with van der Waals surface area (Å²) in [4.78, 5) is 9.37. The van der Waals surface area contributed by atoms with Gasteiger partial charge in [-0.1, -0.05) is 27.7 Å². The fourth-order valence-corrected chi connectivity index (χ4v) is 3.94. The fraction of sp³-hybridized carbons (Fsp3) is 0.938. The number of nitrogens with one attached hydrogen (secondary N) is 1. The summed E-state index contributed by atoms with van der Waals surface area (Å²) in [6.07, 6.45) is 1.18. The molecule has 1 heterocycles. The van der Waals surface area contributed by atoms with E-state index in [0.717, 1.165) is 49.9 Å². The van der Waals surface area contributed by atoms with Gasteiger partial charge in [0, 0.05) is 37.7 Å². The normalized spacial score (nSPS) is 19.5. The molecule has 0 amide bonds. The van der Waals surface area contributed by atoms with Gasteiger partial charge in [0.05, 0.1) is 0 Å². The van der Waals surface area contributed by atoms with Gasteiger partial charge in [0.2, 0.25) is 0 Å². The van der Waals surface area contributed by atoms with Crippen molar-refractivity contribution in [3.05, 3.63) is 0 Å². The lowest BCUT2D eigenvalue weighted by atomic mass is 10.1.